The average Bonchev–Trinajstić information content (AvgIpc) is 2.37. The van der Waals surface area contributed by atoms with E-state index < -0.39 is 11.6 Å². The molecule has 0 unspecified atom stereocenters. The van der Waals surface area contributed by atoms with Gasteiger partial charge in [-0.2, -0.15) is 0 Å². The molecule has 0 bridgehead atoms. The van der Waals surface area contributed by atoms with Crippen LogP contribution in [-0.4, -0.2) is 33.3 Å². The quantitative estimate of drug-likeness (QED) is 0.839. The van der Waals surface area contributed by atoms with Gasteiger partial charge in [-0.15, -0.1) is 0 Å². The molecule has 1 aromatic rings. The molecule has 6 nitrogen and oxygen atoms in total. The maximum atomic E-state index is 11.3. The summed E-state index contributed by atoms with van der Waals surface area (Å²) in [6.07, 6.45) is 2.78. The van der Waals surface area contributed by atoms with Crippen LogP contribution in [-0.2, 0) is 16.1 Å². The van der Waals surface area contributed by atoms with Crippen molar-refractivity contribution in [3.8, 4) is 5.75 Å². The predicted octanol–water partition coefficient (Wildman–Crippen LogP) is 1.72. The Kier molecular flexibility index (Phi) is 7.67. The first-order chi connectivity index (χ1) is 8.90. The number of aromatic nitrogens is 2. The van der Waals surface area contributed by atoms with Crippen molar-refractivity contribution in [3.63, 3.8) is 0 Å². The average molecular weight is 270 g/mol. The largest absolute Gasteiger partial charge is 0.479 e. The predicted molar refractivity (Wildman–Crippen MR) is 70.6 cm³/mol. The Balaban J connectivity index is 0.00000154. The highest BCUT2D eigenvalue weighted by molar-refractivity contribution is 5.71. The maximum absolute atomic E-state index is 11.3. The SMILES string of the molecule is CC.CC(C)(C)OC(=O)COc1cnc(CO)nc1. The molecular formula is C13H22N2O4. The van der Waals surface area contributed by atoms with Crippen LogP contribution in [0.5, 0.6) is 5.75 Å². The van der Waals surface area contributed by atoms with E-state index in [0.717, 1.165) is 0 Å². The van der Waals surface area contributed by atoms with Crippen LogP contribution in [0, 0.1) is 0 Å². The number of carbonyl (C=O) groups excluding carboxylic acids is 1. The molecule has 1 N–H and O–H groups in total. The number of hydrogen-bond acceptors (Lipinski definition) is 6. The minimum Gasteiger partial charge on any atom is -0.479 e. The highest BCUT2D eigenvalue weighted by Gasteiger charge is 2.16. The Morgan fingerprint density at radius 1 is 1.26 bits per heavy atom. The van der Waals surface area contributed by atoms with Gasteiger partial charge in [0.15, 0.2) is 18.2 Å². The molecule has 1 heterocycles. The molecule has 0 amide bonds. The van der Waals surface area contributed by atoms with Gasteiger partial charge in [-0.1, -0.05) is 13.8 Å². The van der Waals surface area contributed by atoms with Crippen LogP contribution in [0.15, 0.2) is 12.4 Å². The molecule has 0 radical (unpaired) electrons. The monoisotopic (exact) mass is 270 g/mol. The van der Waals surface area contributed by atoms with Crippen LogP contribution in [0.3, 0.4) is 0 Å². The van der Waals surface area contributed by atoms with Crippen LogP contribution in [0.2, 0.25) is 0 Å². The number of esters is 1. The van der Waals surface area contributed by atoms with Gasteiger partial charge in [-0.25, -0.2) is 14.8 Å². The normalized spacial score (nSPS) is 10.2. The zero-order chi connectivity index (χ0) is 14.9. The Morgan fingerprint density at radius 3 is 2.21 bits per heavy atom. The van der Waals surface area contributed by atoms with Gasteiger partial charge in [-0.3, -0.25) is 0 Å². The van der Waals surface area contributed by atoms with Gasteiger partial charge in [0.1, 0.15) is 12.2 Å². The van der Waals surface area contributed by atoms with Gasteiger partial charge < -0.3 is 14.6 Å². The standard InChI is InChI=1S/C11H16N2O4.C2H6/c1-11(2,3)17-10(15)7-16-8-4-12-9(6-14)13-5-8;1-2/h4-5,14H,6-7H2,1-3H3;1-2H3. The molecule has 1 rings (SSSR count). The molecule has 0 atom stereocenters. The number of hydrogen-bond donors (Lipinski definition) is 1. The first-order valence-corrected chi connectivity index (χ1v) is 6.17. The zero-order valence-electron chi connectivity index (χ0n) is 12.1. The topological polar surface area (TPSA) is 81.5 Å². The summed E-state index contributed by atoms with van der Waals surface area (Å²) in [7, 11) is 0. The summed E-state index contributed by atoms with van der Waals surface area (Å²) in [6, 6.07) is 0. The minimum atomic E-state index is -0.530. The van der Waals surface area contributed by atoms with E-state index >= 15 is 0 Å². The van der Waals surface area contributed by atoms with Gasteiger partial charge in [-0.05, 0) is 20.8 Å². The van der Waals surface area contributed by atoms with Crippen molar-refractivity contribution in [3.05, 3.63) is 18.2 Å². The second-order valence-corrected chi connectivity index (χ2v) is 4.37. The van der Waals surface area contributed by atoms with Gasteiger partial charge in [0, 0.05) is 0 Å². The van der Waals surface area contributed by atoms with Crippen molar-refractivity contribution in [2.24, 2.45) is 0 Å². The molecule has 0 spiro atoms. The van der Waals surface area contributed by atoms with Crippen molar-refractivity contribution >= 4 is 5.97 Å². The summed E-state index contributed by atoms with van der Waals surface area (Å²) in [5.74, 6) is 0.200. The fourth-order valence-corrected chi connectivity index (χ4v) is 1.01. The van der Waals surface area contributed by atoms with Crippen LogP contribution in [0.1, 0.15) is 40.4 Å². The van der Waals surface area contributed by atoms with Gasteiger partial charge in [0.05, 0.1) is 12.4 Å². The maximum Gasteiger partial charge on any atom is 0.344 e. The third-order valence-corrected chi connectivity index (χ3v) is 1.60. The number of nitrogens with zero attached hydrogens (tertiary/aromatic N) is 2. The molecule has 0 fully saturated rings. The summed E-state index contributed by atoms with van der Waals surface area (Å²) in [5.41, 5.74) is -0.530. The Labute approximate surface area is 113 Å². The van der Waals surface area contributed by atoms with Crippen LogP contribution >= 0.6 is 0 Å². The fraction of sp³-hybridized carbons (Fsp3) is 0.615. The van der Waals surface area contributed by atoms with E-state index in [1.807, 2.05) is 13.8 Å². The van der Waals surface area contributed by atoms with Crippen LogP contribution < -0.4 is 4.74 Å². The molecule has 6 heteroatoms. The van der Waals surface area contributed by atoms with E-state index in [9.17, 15) is 4.79 Å². The lowest BCUT2D eigenvalue weighted by molar-refractivity contribution is -0.157. The first-order valence-electron chi connectivity index (χ1n) is 6.17. The zero-order valence-corrected chi connectivity index (χ0v) is 12.1. The van der Waals surface area contributed by atoms with E-state index in [1.54, 1.807) is 20.8 Å². The van der Waals surface area contributed by atoms with Crippen molar-refractivity contribution in [1.29, 1.82) is 0 Å². The molecule has 0 aliphatic carbocycles. The second kappa shape index (κ2) is 8.42. The van der Waals surface area contributed by atoms with Gasteiger partial charge >= 0.3 is 5.97 Å². The van der Waals surface area contributed by atoms with Crippen molar-refractivity contribution in [2.45, 2.75) is 46.8 Å². The number of carbonyl (C=O) groups is 1. The summed E-state index contributed by atoms with van der Waals surface area (Å²) in [6.45, 7) is 8.92. The van der Waals surface area contributed by atoms with Crippen LogP contribution in [0.25, 0.3) is 0 Å². The Morgan fingerprint density at radius 2 is 1.79 bits per heavy atom. The Bertz CT molecular complexity index is 371. The third-order valence-electron chi connectivity index (χ3n) is 1.60. The molecule has 108 valence electrons. The number of ether oxygens (including phenoxy) is 2. The smallest absolute Gasteiger partial charge is 0.344 e. The van der Waals surface area contributed by atoms with Crippen molar-refractivity contribution in [2.75, 3.05) is 6.61 Å². The molecule has 1 aromatic heterocycles. The van der Waals surface area contributed by atoms with Gasteiger partial charge in [0.2, 0.25) is 0 Å². The summed E-state index contributed by atoms with van der Waals surface area (Å²) in [4.78, 5) is 19.0. The number of aliphatic hydroxyl groups is 1. The van der Waals surface area contributed by atoms with E-state index in [4.69, 9.17) is 14.6 Å². The van der Waals surface area contributed by atoms with E-state index in [-0.39, 0.29) is 13.2 Å². The summed E-state index contributed by atoms with van der Waals surface area (Å²) >= 11 is 0. The lowest BCUT2D eigenvalue weighted by Crippen LogP contribution is -2.27. The highest BCUT2D eigenvalue weighted by Crippen LogP contribution is 2.09. The van der Waals surface area contributed by atoms with Crippen molar-refractivity contribution < 1.29 is 19.4 Å². The molecular weight excluding hydrogens is 248 g/mol. The fourth-order valence-electron chi connectivity index (χ4n) is 1.01. The molecule has 0 aliphatic rings. The first kappa shape index (κ1) is 17.3. The van der Waals surface area contributed by atoms with E-state index in [2.05, 4.69) is 9.97 Å². The molecule has 0 saturated carbocycles. The number of aliphatic hydroxyl groups excluding tert-OH is 1. The molecule has 0 aliphatic heterocycles. The molecule has 0 aromatic carbocycles. The van der Waals surface area contributed by atoms with Crippen molar-refractivity contribution in [1.82, 2.24) is 9.97 Å². The van der Waals surface area contributed by atoms with Crippen LogP contribution in [0.4, 0.5) is 0 Å². The Hall–Kier alpha value is -1.69. The summed E-state index contributed by atoms with van der Waals surface area (Å²) in [5, 5.41) is 8.73. The lowest BCUT2D eigenvalue weighted by atomic mass is 10.2. The van der Waals surface area contributed by atoms with E-state index in [0.29, 0.717) is 11.6 Å². The molecule has 0 saturated heterocycles. The third kappa shape index (κ3) is 8.10. The van der Waals surface area contributed by atoms with Gasteiger partial charge in [0.25, 0.3) is 0 Å². The lowest BCUT2D eigenvalue weighted by Gasteiger charge is -2.19. The second-order valence-electron chi connectivity index (χ2n) is 4.37. The van der Waals surface area contributed by atoms with E-state index in [1.165, 1.54) is 12.4 Å². The molecule has 19 heavy (non-hydrogen) atoms. The highest BCUT2D eigenvalue weighted by atomic mass is 16.6. The number of rotatable bonds is 4. The minimum absolute atomic E-state index is 0.195. The summed E-state index contributed by atoms with van der Waals surface area (Å²) < 4.78 is 10.2.